The monoisotopic (exact) mass is 512 g/mol. The van der Waals surface area contributed by atoms with Gasteiger partial charge in [0.15, 0.2) is 0 Å². The van der Waals surface area contributed by atoms with E-state index in [0.717, 1.165) is 4.90 Å². The summed E-state index contributed by atoms with van der Waals surface area (Å²) in [5, 5.41) is 2.68. The largest absolute Gasteiger partial charge is 0.341 e. The smallest absolute Gasteiger partial charge is 0.331 e. The second-order valence-corrected chi connectivity index (χ2v) is 9.99. The molecule has 0 saturated carbocycles. The standard InChI is InChI=1S/C27H30F2N4O4/c1-16(2)22(30-23(34)20-15-17(3)5-10-21(20)29)24(35)32-13-11-27(12-14-32)25(36)31(4)26(37)33(27)19-8-6-18(28)7-9-19/h5-10,15-16,22H,11-14H2,1-4H3,(H,30,34)/t22-/m1/s1. The van der Waals surface area contributed by atoms with Crippen molar-refractivity contribution in [1.29, 1.82) is 0 Å². The van der Waals surface area contributed by atoms with E-state index >= 15 is 0 Å². The van der Waals surface area contributed by atoms with Crippen LogP contribution in [-0.2, 0) is 9.59 Å². The molecular formula is C27H30F2N4O4. The summed E-state index contributed by atoms with van der Waals surface area (Å²) in [4.78, 5) is 56.5. The summed E-state index contributed by atoms with van der Waals surface area (Å²) < 4.78 is 27.8. The number of amides is 5. The maximum Gasteiger partial charge on any atom is 0.331 e. The number of hydrogen-bond donors (Lipinski definition) is 1. The minimum Gasteiger partial charge on any atom is -0.341 e. The van der Waals surface area contributed by atoms with Crippen LogP contribution in [0.1, 0.15) is 42.6 Å². The van der Waals surface area contributed by atoms with Crippen LogP contribution in [0.2, 0.25) is 0 Å². The lowest BCUT2D eigenvalue weighted by molar-refractivity contribution is -0.139. The first kappa shape index (κ1) is 26.2. The average Bonchev–Trinajstić information content (AvgIpc) is 3.05. The van der Waals surface area contributed by atoms with E-state index in [0.29, 0.717) is 11.3 Å². The van der Waals surface area contributed by atoms with Crippen LogP contribution in [-0.4, -0.2) is 65.3 Å². The number of rotatable bonds is 5. The highest BCUT2D eigenvalue weighted by molar-refractivity contribution is 6.16. The van der Waals surface area contributed by atoms with Crippen molar-refractivity contribution in [2.75, 3.05) is 25.0 Å². The maximum atomic E-state index is 14.3. The highest BCUT2D eigenvalue weighted by Crippen LogP contribution is 2.40. The molecule has 5 amide bonds. The molecule has 10 heteroatoms. The van der Waals surface area contributed by atoms with Crippen LogP contribution in [0, 0.1) is 24.5 Å². The Balaban J connectivity index is 1.53. The average molecular weight is 513 g/mol. The lowest BCUT2D eigenvalue weighted by Crippen LogP contribution is -2.60. The summed E-state index contributed by atoms with van der Waals surface area (Å²) in [6.45, 7) is 5.64. The molecular weight excluding hydrogens is 482 g/mol. The fourth-order valence-corrected chi connectivity index (χ4v) is 5.05. The van der Waals surface area contributed by atoms with Gasteiger partial charge in [-0.3, -0.25) is 24.2 Å². The van der Waals surface area contributed by atoms with E-state index in [1.807, 2.05) is 0 Å². The van der Waals surface area contributed by atoms with Crippen molar-refractivity contribution >= 4 is 29.4 Å². The number of benzene rings is 2. The number of aryl methyl sites for hydroxylation is 1. The van der Waals surface area contributed by atoms with E-state index in [4.69, 9.17) is 0 Å². The molecule has 1 atom stereocenters. The quantitative estimate of drug-likeness (QED) is 0.621. The summed E-state index contributed by atoms with van der Waals surface area (Å²) in [6, 6.07) is 8.14. The first-order valence-electron chi connectivity index (χ1n) is 12.2. The number of hydrogen-bond acceptors (Lipinski definition) is 4. The molecule has 0 aromatic heterocycles. The first-order chi connectivity index (χ1) is 17.5. The Morgan fingerprint density at radius 1 is 1.00 bits per heavy atom. The van der Waals surface area contributed by atoms with E-state index in [9.17, 15) is 28.0 Å². The van der Waals surface area contributed by atoms with Crippen LogP contribution in [0.25, 0.3) is 0 Å². The lowest BCUT2D eigenvalue weighted by Gasteiger charge is -2.43. The molecule has 0 radical (unpaired) electrons. The third-order valence-electron chi connectivity index (χ3n) is 7.18. The molecule has 2 aliphatic heterocycles. The van der Waals surface area contributed by atoms with E-state index in [1.165, 1.54) is 48.3 Å². The minimum absolute atomic E-state index is 0.135. The fourth-order valence-electron chi connectivity index (χ4n) is 5.05. The molecule has 2 aromatic carbocycles. The van der Waals surface area contributed by atoms with Crippen LogP contribution < -0.4 is 10.2 Å². The van der Waals surface area contributed by atoms with Crippen molar-refractivity contribution < 1.29 is 28.0 Å². The third kappa shape index (κ3) is 4.68. The third-order valence-corrected chi connectivity index (χ3v) is 7.18. The molecule has 1 spiro atoms. The molecule has 4 rings (SSSR count). The molecule has 1 N–H and O–H groups in total. The topological polar surface area (TPSA) is 90.0 Å². The number of anilines is 1. The Bertz CT molecular complexity index is 1240. The summed E-state index contributed by atoms with van der Waals surface area (Å²) in [5.41, 5.74) is -0.214. The minimum atomic E-state index is -1.19. The van der Waals surface area contributed by atoms with E-state index < -0.39 is 35.2 Å². The molecule has 0 aliphatic carbocycles. The molecule has 8 nitrogen and oxygen atoms in total. The number of likely N-dealkylation sites (N-methyl/N-ethyl adjacent to an activating group) is 1. The van der Waals surface area contributed by atoms with Crippen molar-refractivity contribution in [3.8, 4) is 0 Å². The van der Waals surface area contributed by atoms with Crippen molar-refractivity contribution in [3.63, 3.8) is 0 Å². The molecule has 2 aliphatic rings. The number of carbonyl (C=O) groups excluding carboxylic acids is 4. The van der Waals surface area contributed by atoms with Gasteiger partial charge in [-0.05, 0) is 62.1 Å². The molecule has 196 valence electrons. The molecule has 37 heavy (non-hydrogen) atoms. The zero-order valence-electron chi connectivity index (χ0n) is 21.3. The molecule has 2 aromatic rings. The van der Waals surface area contributed by atoms with Gasteiger partial charge in [0.25, 0.3) is 11.8 Å². The highest BCUT2D eigenvalue weighted by Gasteiger charge is 2.58. The molecule has 0 bridgehead atoms. The van der Waals surface area contributed by atoms with Gasteiger partial charge in [0.2, 0.25) is 5.91 Å². The zero-order chi connectivity index (χ0) is 27.1. The Kier molecular flexibility index (Phi) is 7.03. The Morgan fingerprint density at radius 2 is 1.62 bits per heavy atom. The summed E-state index contributed by atoms with van der Waals surface area (Å²) in [6.07, 6.45) is 0.354. The zero-order valence-corrected chi connectivity index (χ0v) is 21.3. The van der Waals surface area contributed by atoms with Crippen molar-refractivity contribution in [2.45, 2.75) is 45.2 Å². The van der Waals surface area contributed by atoms with Crippen LogP contribution in [0.3, 0.4) is 0 Å². The van der Waals surface area contributed by atoms with Gasteiger partial charge in [-0.1, -0.05) is 25.5 Å². The number of carbonyl (C=O) groups is 4. The predicted octanol–water partition coefficient (Wildman–Crippen LogP) is 3.49. The van der Waals surface area contributed by atoms with Crippen LogP contribution in [0.4, 0.5) is 19.3 Å². The number of likely N-dealkylation sites (tertiary alicyclic amines) is 1. The SMILES string of the molecule is Cc1ccc(F)c(C(=O)N[C@@H](C(=O)N2CCC3(CC2)C(=O)N(C)C(=O)N3c2ccc(F)cc2)C(C)C)c1. The number of halogens is 2. The summed E-state index contributed by atoms with van der Waals surface area (Å²) in [7, 11) is 1.40. The predicted molar refractivity (Wildman–Crippen MR) is 133 cm³/mol. The van der Waals surface area contributed by atoms with Crippen molar-refractivity contribution in [1.82, 2.24) is 15.1 Å². The van der Waals surface area contributed by atoms with Gasteiger partial charge >= 0.3 is 6.03 Å². The molecule has 0 unspecified atom stereocenters. The van der Waals surface area contributed by atoms with Gasteiger partial charge in [-0.2, -0.15) is 0 Å². The summed E-state index contributed by atoms with van der Waals surface area (Å²) >= 11 is 0. The van der Waals surface area contributed by atoms with Crippen molar-refractivity contribution in [3.05, 3.63) is 65.2 Å². The van der Waals surface area contributed by atoms with Gasteiger partial charge in [0, 0.05) is 25.8 Å². The maximum absolute atomic E-state index is 14.3. The second-order valence-electron chi connectivity index (χ2n) is 9.99. The van der Waals surface area contributed by atoms with Crippen LogP contribution in [0.5, 0.6) is 0 Å². The van der Waals surface area contributed by atoms with Gasteiger partial charge < -0.3 is 10.2 Å². The molecule has 2 saturated heterocycles. The molecule has 2 heterocycles. The highest BCUT2D eigenvalue weighted by atomic mass is 19.1. The van der Waals surface area contributed by atoms with E-state index in [1.54, 1.807) is 31.7 Å². The van der Waals surface area contributed by atoms with E-state index in [-0.39, 0.29) is 49.2 Å². The van der Waals surface area contributed by atoms with E-state index in [2.05, 4.69) is 5.32 Å². The number of imide groups is 1. The Hall–Kier alpha value is -3.82. The fraction of sp³-hybridized carbons (Fsp3) is 0.407. The van der Waals surface area contributed by atoms with Gasteiger partial charge in [-0.15, -0.1) is 0 Å². The van der Waals surface area contributed by atoms with Crippen molar-refractivity contribution in [2.24, 2.45) is 5.92 Å². The Labute approximate surface area is 214 Å². The number of nitrogens with zero attached hydrogens (tertiary/aromatic N) is 3. The number of urea groups is 1. The van der Waals surface area contributed by atoms with Crippen LogP contribution >= 0.6 is 0 Å². The van der Waals surface area contributed by atoms with Crippen LogP contribution in [0.15, 0.2) is 42.5 Å². The van der Waals surface area contributed by atoms with Gasteiger partial charge in [-0.25, -0.2) is 13.6 Å². The molecule has 2 fully saturated rings. The number of nitrogens with one attached hydrogen (secondary N) is 1. The second kappa shape index (κ2) is 9.91. The summed E-state index contributed by atoms with van der Waals surface area (Å²) in [5.74, 6) is -2.81. The lowest BCUT2D eigenvalue weighted by atomic mass is 9.85. The first-order valence-corrected chi connectivity index (χ1v) is 12.2. The number of piperidine rings is 1. The van der Waals surface area contributed by atoms with Gasteiger partial charge in [0.1, 0.15) is 23.2 Å². The Morgan fingerprint density at radius 3 is 2.22 bits per heavy atom. The van der Waals surface area contributed by atoms with Gasteiger partial charge in [0.05, 0.1) is 5.56 Å². The normalized spacial score (nSPS) is 18.1.